The van der Waals surface area contributed by atoms with Crippen molar-refractivity contribution in [2.24, 2.45) is 0 Å². The number of halogens is 1. The van der Waals surface area contributed by atoms with E-state index in [1.165, 1.54) is 0 Å². The Morgan fingerprint density at radius 3 is 3.15 bits per heavy atom. The number of anilines is 1. The number of nitrogens with one attached hydrogen (secondary N) is 1. The predicted molar refractivity (Wildman–Crippen MR) is 77.9 cm³/mol. The molecule has 102 valence electrons. The van der Waals surface area contributed by atoms with E-state index < -0.39 is 0 Å². The first-order valence-electron chi connectivity index (χ1n) is 6.35. The summed E-state index contributed by atoms with van der Waals surface area (Å²) >= 11 is 5.99. The quantitative estimate of drug-likeness (QED) is 0.668. The Labute approximate surface area is 122 Å². The van der Waals surface area contributed by atoms with Crippen LogP contribution in [0.15, 0.2) is 18.5 Å². The monoisotopic (exact) mass is 289 g/mol. The molecule has 20 heavy (non-hydrogen) atoms. The maximum absolute atomic E-state index is 5.99. The zero-order chi connectivity index (χ0) is 13.9. The molecule has 2 aromatic rings. The van der Waals surface area contributed by atoms with Crippen molar-refractivity contribution in [3.05, 3.63) is 23.6 Å². The van der Waals surface area contributed by atoms with Crippen LogP contribution in [0.2, 0.25) is 5.15 Å². The van der Waals surface area contributed by atoms with E-state index in [9.17, 15) is 0 Å². The average Bonchev–Trinajstić information content (AvgIpc) is 2.44. The van der Waals surface area contributed by atoms with Crippen LogP contribution in [0.1, 0.15) is 0 Å². The van der Waals surface area contributed by atoms with Crippen LogP contribution < -0.4 is 5.32 Å². The van der Waals surface area contributed by atoms with Gasteiger partial charge in [0.05, 0.1) is 18.2 Å². The molecule has 1 saturated heterocycles. The fourth-order valence-corrected chi connectivity index (χ4v) is 2.33. The van der Waals surface area contributed by atoms with Gasteiger partial charge in [-0.25, -0.2) is 9.97 Å². The third-order valence-corrected chi connectivity index (χ3v) is 3.29. The van der Waals surface area contributed by atoms with Gasteiger partial charge in [-0.15, -0.1) is 0 Å². The van der Waals surface area contributed by atoms with Crippen molar-refractivity contribution < 1.29 is 4.74 Å². The van der Waals surface area contributed by atoms with Crippen molar-refractivity contribution in [2.75, 3.05) is 31.6 Å². The number of aromatic nitrogens is 3. The van der Waals surface area contributed by atoms with Gasteiger partial charge in [-0.2, -0.15) is 0 Å². The van der Waals surface area contributed by atoms with E-state index in [2.05, 4.69) is 20.3 Å². The highest BCUT2D eigenvalue weighted by Crippen LogP contribution is 2.21. The van der Waals surface area contributed by atoms with Crippen LogP contribution in [0.3, 0.4) is 0 Å². The third-order valence-electron chi connectivity index (χ3n) is 3.09. The summed E-state index contributed by atoms with van der Waals surface area (Å²) in [5.41, 5.74) is 1.40. The van der Waals surface area contributed by atoms with E-state index >= 15 is 0 Å². The van der Waals surface area contributed by atoms with Crippen molar-refractivity contribution in [3.8, 4) is 0 Å². The Balaban J connectivity index is 1.77. The Morgan fingerprint density at radius 1 is 1.45 bits per heavy atom. The molecule has 0 spiro atoms. The lowest BCUT2D eigenvalue weighted by atomic mass is 10.2. The van der Waals surface area contributed by atoms with Gasteiger partial charge >= 0.3 is 0 Å². The van der Waals surface area contributed by atoms with Crippen LogP contribution >= 0.6 is 11.6 Å². The number of hydrogen-bond acceptors (Lipinski definition) is 6. The van der Waals surface area contributed by atoms with Crippen LogP contribution in [-0.4, -0.2) is 60.1 Å². The number of ether oxygens (including phenoxy) is 1. The Hall–Kier alpha value is -1.44. The van der Waals surface area contributed by atoms with Gasteiger partial charge in [0, 0.05) is 38.1 Å². The van der Waals surface area contributed by atoms with E-state index in [1.807, 2.05) is 0 Å². The minimum absolute atomic E-state index is 0.0150. The molecule has 2 radical (unpaired) electrons. The molecule has 3 heterocycles. The topological polar surface area (TPSA) is 63.2 Å². The van der Waals surface area contributed by atoms with E-state index in [-0.39, 0.29) is 6.10 Å². The maximum atomic E-state index is 5.99. The lowest BCUT2D eigenvalue weighted by Crippen LogP contribution is -2.44. The van der Waals surface area contributed by atoms with Crippen molar-refractivity contribution >= 4 is 36.4 Å². The van der Waals surface area contributed by atoms with E-state index in [1.54, 1.807) is 23.3 Å². The molecular formula is C12H13BClN5O. The first-order valence-corrected chi connectivity index (χ1v) is 6.72. The summed E-state index contributed by atoms with van der Waals surface area (Å²) in [5.74, 6) is 0.610. The largest absolute Gasteiger partial charge is 0.374 e. The molecule has 0 bridgehead atoms. The summed E-state index contributed by atoms with van der Waals surface area (Å²) < 4.78 is 5.63. The molecule has 6 nitrogen and oxygen atoms in total. The van der Waals surface area contributed by atoms with Gasteiger partial charge in [0.1, 0.15) is 10.7 Å². The van der Waals surface area contributed by atoms with Crippen molar-refractivity contribution in [2.45, 2.75) is 6.10 Å². The molecule has 0 amide bonds. The number of hydrogen-bond donors (Lipinski definition) is 1. The Bertz CT molecular complexity index is 613. The Morgan fingerprint density at radius 2 is 2.30 bits per heavy atom. The molecule has 0 saturated carbocycles. The van der Waals surface area contributed by atoms with Gasteiger partial charge in [-0.1, -0.05) is 11.6 Å². The van der Waals surface area contributed by atoms with E-state index in [4.69, 9.17) is 24.3 Å². The molecule has 1 atom stereocenters. The zero-order valence-corrected chi connectivity index (χ0v) is 11.5. The second kappa shape index (κ2) is 5.91. The van der Waals surface area contributed by atoms with Gasteiger partial charge in [-0.05, 0) is 0 Å². The SMILES string of the molecule is [B]N1CCOC(CNc2nc(Cl)cc3nccnc23)C1. The smallest absolute Gasteiger partial charge is 0.182 e. The Kier molecular flexibility index (Phi) is 4.00. The summed E-state index contributed by atoms with van der Waals surface area (Å²) in [7, 11) is 5.78. The maximum Gasteiger partial charge on any atom is 0.182 e. The number of fused-ring (bicyclic) bond motifs is 1. The number of rotatable bonds is 3. The van der Waals surface area contributed by atoms with E-state index in [0.29, 0.717) is 41.7 Å². The molecule has 1 fully saturated rings. The highest BCUT2D eigenvalue weighted by atomic mass is 35.5. The normalized spacial score (nSPS) is 20.1. The van der Waals surface area contributed by atoms with Crippen LogP contribution in [0.4, 0.5) is 5.82 Å². The third kappa shape index (κ3) is 3.00. The van der Waals surface area contributed by atoms with Gasteiger partial charge in [-0.3, -0.25) is 4.98 Å². The minimum atomic E-state index is 0.0150. The number of nitrogens with zero attached hydrogens (tertiary/aromatic N) is 4. The second-order valence-corrected chi connectivity index (χ2v) is 4.97. The average molecular weight is 290 g/mol. The molecule has 8 heteroatoms. The summed E-state index contributed by atoms with van der Waals surface area (Å²) in [6.07, 6.45) is 3.27. The number of morpholine rings is 1. The highest BCUT2D eigenvalue weighted by Gasteiger charge is 2.18. The first-order chi connectivity index (χ1) is 9.72. The van der Waals surface area contributed by atoms with Gasteiger partial charge in [0.2, 0.25) is 0 Å². The van der Waals surface area contributed by atoms with Gasteiger partial charge in [0.25, 0.3) is 0 Å². The molecule has 3 rings (SSSR count). The summed E-state index contributed by atoms with van der Waals surface area (Å²) in [6.45, 7) is 2.65. The van der Waals surface area contributed by atoms with E-state index in [0.717, 1.165) is 6.54 Å². The molecular weight excluding hydrogens is 276 g/mol. The highest BCUT2D eigenvalue weighted by molar-refractivity contribution is 6.30. The molecule has 1 aliphatic rings. The fraction of sp³-hybridized carbons (Fsp3) is 0.417. The van der Waals surface area contributed by atoms with Gasteiger partial charge in [0.15, 0.2) is 13.8 Å². The minimum Gasteiger partial charge on any atom is -0.374 e. The molecule has 0 aliphatic carbocycles. The van der Waals surface area contributed by atoms with Crippen molar-refractivity contribution in [1.29, 1.82) is 0 Å². The first kappa shape index (κ1) is 13.5. The van der Waals surface area contributed by atoms with Crippen molar-refractivity contribution in [1.82, 2.24) is 19.8 Å². The van der Waals surface area contributed by atoms with Gasteiger partial charge < -0.3 is 14.9 Å². The second-order valence-electron chi connectivity index (χ2n) is 4.59. The summed E-state index contributed by atoms with van der Waals surface area (Å²) in [5, 5.41) is 3.59. The zero-order valence-electron chi connectivity index (χ0n) is 10.8. The van der Waals surface area contributed by atoms with Crippen LogP contribution in [0.25, 0.3) is 11.0 Å². The fourth-order valence-electron chi connectivity index (χ4n) is 2.14. The standard InChI is InChI=1S/C12H13BClN5O/c13-19-3-4-20-8(7-19)6-17-12-11-9(5-10(14)18-12)15-1-2-16-11/h1-2,5,8H,3-4,6-7H2,(H,17,18). The lowest BCUT2D eigenvalue weighted by Gasteiger charge is -2.30. The van der Waals surface area contributed by atoms with Crippen molar-refractivity contribution in [3.63, 3.8) is 0 Å². The summed E-state index contributed by atoms with van der Waals surface area (Å²) in [4.78, 5) is 14.5. The molecule has 1 aliphatic heterocycles. The molecule has 0 aromatic carbocycles. The molecule has 1 unspecified atom stereocenters. The summed E-state index contributed by atoms with van der Waals surface area (Å²) in [6, 6.07) is 1.69. The van der Waals surface area contributed by atoms with Crippen LogP contribution in [-0.2, 0) is 4.74 Å². The predicted octanol–water partition coefficient (Wildman–Crippen LogP) is 0.874. The molecule has 1 N–H and O–H groups in total. The van der Waals surface area contributed by atoms with Crippen LogP contribution in [0, 0.1) is 0 Å². The lowest BCUT2D eigenvalue weighted by molar-refractivity contribution is 0.00720. The van der Waals surface area contributed by atoms with Crippen LogP contribution in [0.5, 0.6) is 0 Å². The molecule has 2 aromatic heterocycles. The number of pyridine rings is 1.